The number of hydrogen-bond donors (Lipinski definition) is 1. The largest absolute Gasteiger partial charge is 0.377 e. The summed E-state index contributed by atoms with van der Waals surface area (Å²) in [5.41, 5.74) is 1.35. The molecule has 0 bridgehead atoms. The molecular formula is C15H29NO. The zero-order valence-corrected chi connectivity index (χ0v) is 12.0. The second-order valence-electron chi connectivity index (χ2n) is 5.60. The Balaban J connectivity index is 2.71. The van der Waals surface area contributed by atoms with E-state index in [1.54, 1.807) is 0 Å². The minimum Gasteiger partial charge on any atom is -0.377 e. The van der Waals surface area contributed by atoms with Crippen LogP contribution in [0.4, 0.5) is 0 Å². The van der Waals surface area contributed by atoms with Gasteiger partial charge in [-0.15, -0.1) is 0 Å². The number of ether oxygens (including phenoxy) is 1. The van der Waals surface area contributed by atoms with Crippen LogP contribution in [0.1, 0.15) is 52.4 Å². The van der Waals surface area contributed by atoms with Crippen LogP contribution >= 0.6 is 0 Å². The number of rotatable bonds is 6. The van der Waals surface area contributed by atoms with E-state index in [0.29, 0.717) is 6.04 Å². The molecule has 0 spiro atoms. The number of hydrogen-bond acceptors (Lipinski definition) is 2. The normalized spacial score (nSPS) is 31.2. The summed E-state index contributed by atoms with van der Waals surface area (Å²) < 4.78 is 5.92. The van der Waals surface area contributed by atoms with Gasteiger partial charge in [0.1, 0.15) is 0 Å². The smallest absolute Gasteiger partial charge is 0.0834 e. The highest BCUT2D eigenvalue weighted by molar-refractivity contribution is 5.04. The highest BCUT2D eigenvalue weighted by Gasteiger charge is 2.40. The van der Waals surface area contributed by atoms with Gasteiger partial charge in [0.2, 0.25) is 0 Å². The lowest BCUT2D eigenvalue weighted by atomic mass is 9.73. The molecule has 0 aliphatic heterocycles. The predicted molar refractivity (Wildman–Crippen MR) is 74.3 cm³/mol. The predicted octanol–water partition coefficient (Wildman–Crippen LogP) is 3.53. The van der Waals surface area contributed by atoms with Crippen molar-refractivity contribution in [1.29, 1.82) is 0 Å². The van der Waals surface area contributed by atoms with Crippen molar-refractivity contribution in [2.24, 2.45) is 5.92 Å². The monoisotopic (exact) mass is 239 g/mol. The molecule has 0 saturated heterocycles. The van der Waals surface area contributed by atoms with Crippen molar-refractivity contribution >= 4 is 0 Å². The summed E-state index contributed by atoms with van der Waals surface area (Å²) in [7, 11) is 3.92. The molecule has 1 rings (SSSR count). The third-order valence-corrected chi connectivity index (χ3v) is 4.50. The van der Waals surface area contributed by atoms with E-state index in [1.165, 1.54) is 31.3 Å². The zero-order valence-electron chi connectivity index (χ0n) is 12.0. The minimum absolute atomic E-state index is 0.0272. The van der Waals surface area contributed by atoms with Crippen molar-refractivity contribution in [3.63, 3.8) is 0 Å². The molecule has 17 heavy (non-hydrogen) atoms. The Morgan fingerprint density at radius 1 is 1.47 bits per heavy atom. The van der Waals surface area contributed by atoms with Crippen molar-refractivity contribution in [1.82, 2.24) is 5.32 Å². The topological polar surface area (TPSA) is 21.3 Å². The molecule has 1 aliphatic rings. The van der Waals surface area contributed by atoms with Gasteiger partial charge in [-0.05, 0) is 51.5 Å². The average molecular weight is 239 g/mol. The van der Waals surface area contributed by atoms with Crippen LogP contribution in [0.3, 0.4) is 0 Å². The number of likely N-dealkylation sites (N-methyl/N-ethyl adjacent to an activating group) is 1. The van der Waals surface area contributed by atoms with E-state index in [-0.39, 0.29) is 5.60 Å². The molecule has 2 heteroatoms. The summed E-state index contributed by atoms with van der Waals surface area (Å²) in [4.78, 5) is 0. The van der Waals surface area contributed by atoms with E-state index in [0.717, 1.165) is 18.8 Å². The summed E-state index contributed by atoms with van der Waals surface area (Å²) >= 11 is 0. The van der Waals surface area contributed by atoms with Crippen LogP contribution in [0.2, 0.25) is 0 Å². The molecule has 0 amide bonds. The van der Waals surface area contributed by atoms with Crippen molar-refractivity contribution in [2.75, 3.05) is 14.2 Å². The van der Waals surface area contributed by atoms with Gasteiger partial charge in [0.25, 0.3) is 0 Å². The Morgan fingerprint density at radius 3 is 2.47 bits per heavy atom. The van der Waals surface area contributed by atoms with E-state index in [4.69, 9.17) is 4.74 Å². The molecule has 1 unspecified atom stereocenters. The average Bonchev–Trinajstić information content (AvgIpc) is 2.37. The van der Waals surface area contributed by atoms with Crippen LogP contribution in [0, 0.1) is 5.92 Å². The first-order valence-corrected chi connectivity index (χ1v) is 6.97. The third-order valence-electron chi connectivity index (χ3n) is 4.50. The number of nitrogens with one attached hydrogen (secondary N) is 1. The fourth-order valence-corrected chi connectivity index (χ4v) is 2.93. The van der Waals surface area contributed by atoms with Gasteiger partial charge >= 0.3 is 0 Å². The molecule has 1 saturated carbocycles. The quantitative estimate of drug-likeness (QED) is 0.716. The van der Waals surface area contributed by atoms with Gasteiger partial charge in [0.15, 0.2) is 0 Å². The molecule has 100 valence electrons. The van der Waals surface area contributed by atoms with Gasteiger partial charge in [-0.2, -0.15) is 0 Å². The van der Waals surface area contributed by atoms with E-state index >= 15 is 0 Å². The van der Waals surface area contributed by atoms with Crippen molar-refractivity contribution in [3.05, 3.63) is 12.2 Å². The van der Waals surface area contributed by atoms with Gasteiger partial charge in [0.05, 0.1) is 5.60 Å². The van der Waals surface area contributed by atoms with Crippen LogP contribution in [0.25, 0.3) is 0 Å². The van der Waals surface area contributed by atoms with Crippen molar-refractivity contribution < 1.29 is 4.74 Å². The van der Waals surface area contributed by atoms with Crippen LogP contribution in [-0.4, -0.2) is 25.8 Å². The zero-order chi connectivity index (χ0) is 12.9. The molecule has 0 aromatic heterocycles. The lowest BCUT2D eigenvalue weighted by Crippen LogP contribution is -2.53. The molecule has 0 aromatic carbocycles. The molecule has 0 aromatic rings. The van der Waals surface area contributed by atoms with Crippen LogP contribution in [0.15, 0.2) is 12.2 Å². The Labute approximate surface area is 107 Å². The van der Waals surface area contributed by atoms with Crippen LogP contribution in [0.5, 0.6) is 0 Å². The maximum atomic E-state index is 5.92. The maximum absolute atomic E-state index is 5.92. The molecular weight excluding hydrogens is 210 g/mol. The highest BCUT2D eigenvalue weighted by Crippen LogP contribution is 2.38. The summed E-state index contributed by atoms with van der Waals surface area (Å²) in [5, 5.41) is 3.46. The molecule has 0 heterocycles. The van der Waals surface area contributed by atoms with E-state index < -0.39 is 0 Å². The Hall–Kier alpha value is -0.340. The van der Waals surface area contributed by atoms with E-state index in [1.807, 2.05) is 14.2 Å². The Kier molecular flexibility index (Phi) is 5.68. The molecule has 1 aliphatic carbocycles. The maximum Gasteiger partial charge on any atom is 0.0834 e. The summed E-state index contributed by atoms with van der Waals surface area (Å²) in [6, 6.07) is 0.410. The SMILES string of the molecule is C=C(CC)CC(NC)C1(OC)CCC(C)CC1. The Bertz CT molecular complexity index is 241. The summed E-state index contributed by atoms with van der Waals surface area (Å²) in [5.74, 6) is 0.852. The van der Waals surface area contributed by atoms with Gasteiger partial charge < -0.3 is 10.1 Å². The van der Waals surface area contributed by atoms with Crippen LogP contribution in [-0.2, 0) is 4.74 Å². The van der Waals surface area contributed by atoms with Gasteiger partial charge in [-0.3, -0.25) is 0 Å². The summed E-state index contributed by atoms with van der Waals surface area (Å²) in [6.45, 7) is 8.66. The van der Waals surface area contributed by atoms with Crippen molar-refractivity contribution in [2.45, 2.75) is 64.0 Å². The van der Waals surface area contributed by atoms with E-state index in [2.05, 4.69) is 25.7 Å². The number of methoxy groups -OCH3 is 1. The van der Waals surface area contributed by atoms with Gasteiger partial charge in [-0.25, -0.2) is 0 Å². The Morgan fingerprint density at radius 2 is 2.06 bits per heavy atom. The van der Waals surface area contributed by atoms with Crippen molar-refractivity contribution in [3.8, 4) is 0 Å². The fraction of sp³-hybridized carbons (Fsp3) is 0.867. The lowest BCUT2D eigenvalue weighted by Gasteiger charge is -2.44. The first kappa shape index (κ1) is 14.7. The fourth-order valence-electron chi connectivity index (χ4n) is 2.93. The van der Waals surface area contributed by atoms with Gasteiger partial charge in [-0.1, -0.05) is 26.0 Å². The van der Waals surface area contributed by atoms with Crippen LogP contribution < -0.4 is 5.32 Å². The minimum atomic E-state index is 0.0272. The second-order valence-corrected chi connectivity index (χ2v) is 5.60. The first-order valence-electron chi connectivity index (χ1n) is 6.97. The first-order chi connectivity index (χ1) is 8.07. The lowest BCUT2D eigenvalue weighted by molar-refractivity contribution is -0.0731. The van der Waals surface area contributed by atoms with Gasteiger partial charge in [0, 0.05) is 13.2 Å². The second kappa shape index (κ2) is 6.55. The molecule has 0 radical (unpaired) electrons. The standard InChI is InChI=1S/C15H29NO/c1-6-12(2)11-14(16-4)15(17-5)9-7-13(3)8-10-15/h13-14,16H,2,6-11H2,1,3-5H3. The van der Waals surface area contributed by atoms with E-state index in [9.17, 15) is 0 Å². The highest BCUT2D eigenvalue weighted by atomic mass is 16.5. The molecule has 1 atom stereocenters. The third kappa shape index (κ3) is 3.56. The molecule has 1 N–H and O–H groups in total. The molecule has 1 fully saturated rings. The summed E-state index contributed by atoms with van der Waals surface area (Å²) in [6.07, 6.45) is 7.01. The molecule has 2 nitrogen and oxygen atoms in total.